The molecule has 7 heteroatoms. The summed E-state index contributed by atoms with van der Waals surface area (Å²) < 4.78 is 0. The molecule has 0 aromatic heterocycles. The van der Waals surface area contributed by atoms with Gasteiger partial charge in [-0.05, 0) is 24.3 Å². The number of guanidine groups is 1. The van der Waals surface area contributed by atoms with Crippen molar-refractivity contribution >= 4 is 35.5 Å². The molecule has 0 saturated carbocycles. The van der Waals surface area contributed by atoms with Gasteiger partial charge in [0.25, 0.3) is 5.96 Å². The maximum absolute atomic E-state index is 9.14. The maximum Gasteiger partial charge on any atom is 0.262 e. The number of nitrogens with two attached hydrogens (primary N) is 2. The van der Waals surface area contributed by atoms with Gasteiger partial charge in [0, 0.05) is 9.92 Å². The van der Waals surface area contributed by atoms with Crippen molar-refractivity contribution in [3.05, 3.63) is 29.3 Å². The van der Waals surface area contributed by atoms with E-state index >= 15 is 0 Å². The van der Waals surface area contributed by atoms with Gasteiger partial charge in [-0.25, -0.2) is 0 Å². The molecule has 0 bridgehead atoms. The number of halogens is 1. The standard InChI is InChI=1S/C9H12ClN4OS/c10-7-1-3-8(4-2-7)16-6-5-14(15)13-9(11)12/h1-5,15H,6H2,(H4,11,12,13)/q+1/b14-5-. The zero-order valence-corrected chi connectivity index (χ0v) is 9.95. The first kappa shape index (κ1) is 12.7. The molecule has 0 radical (unpaired) electrons. The fourth-order valence-corrected chi connectivity index (χ4v) is 1.74. The van der Waals surface area contributed by atoms with Gasteiger partial charge in [-0.2, -0.15) is 0 Å². The summed E-state index contributed by atoms with van der Waals surface area (Å²) >= 11 is 7.26. The summed E-state index contributed by atoms with van der Waals surface area (Å²) in [6.07, 6.45) is 1.44. The van der Waals surface area contributed by atoms with Crippen LogP contribution in [0.1, 0.15) is 0 Å². The number of hydrazone groups is 1. The van der Waals surface area contributed by atoms with E-state index in [1.807, 2.05) is 12.1 Å². The van der Waals surface area contributed by atoms with Gasteiger partial charge in [0.2, 0.25) is 6.21 Å². The minimum atomic E-state index is -0.199. The first-order valence-corrected chi connectivity index (χ1v) is 5.73. The van der Waals surface area contributed by atoms with Crippen molar-refractivity contribution in [1.29, 1.82) is 0 Å². The summed E-state index contributed by atoms with van der Waals surface area (Å²) in [5, 5.41) is 13.2. The number of rotatable bonds is 4. The Bertz CT molecular complexity index is 400. The molecule has 1 rings (SSSR count). The average Bonchev–Trinajstić information content (AvgIpc) is 2.20. The molecule has 1 aromatic rings. The Morgan fingerprint density at radius 2 is 2.06 bits per heavy atom. The predicted molar refractivity (Wildman–Crippen MR) is 66.1 cm³/mol. The third-order valence-electron chi connectivity index (χ3n) is 1.52. The minimum Gasteiger partial charge on any atom is -0.365 e. The van der Waals surface area contributed by atoms with Crippen LogP contribution in [0.2, 0.25) is 5.02 Å². The highest BCUT2D eigenvalue weighted by atomic mass is 35.5. The van der Waals surface area contributed by atoms with Gasteiger partial charge >= 0.3 is 0 Å². The highest BCUT2D eigenvalue weighted by molar-refractivity contribution is 7.99. The number of hydrogen-bond donors (Lipinski definition) is 3. The zero-order valence-electron chi connectivity index (χ0n) is 8.38. The molecule has 0 atom stereocenters. The first-order chi connectivity index (χ1) is 7.58. The Labute approximate surface area is 102 Å². The second-order valence-electron chi connectivity index (χ2n) is 2.79. The van der Waals surface area contributed by atoms with E-state index in [-0.39, 0.29) is 5.96 Å². The van der Waals surface area contributed by atoms with E-state index in [2.05, 4.69) is 5.10 Å². The van der Waals surface area contributed by atoms with Gasteiger partial charge in [-0.15, -0.1) is 11.8 Å². The second-order valence-corrected chi connectivity index (χ2v) is 4.32. The number of thioether (sulfide) groups is 1. The second kappa shape index (κ2) is 6.24. The van der Waals surface area contributed by atoms with Crippen LogP contribution >= 0.6 is 23.4 Å². The molecule has 16 heavy (non-hydrogen) atoms. The zero-order chi connectivity index (χ0) is 12.0. The van der Waals surface area contributed by atoms with Crippen molar-refractivity contribution in [2.75, 3.05) is 5.75 Å². The van der Waals surface area contributed by atoms with E-state index in [0.717, 1.165) is 4.90 Å². The molecule has 0 aliphatic carbocycles. The molecule has 0 fully saturated rings. The van der Waals surface area contributed by atoms with E-state index in [1.54, 1.807) is 12.1 Å². The van der Waals surface area contributed by atoms with Crippen molar-refractivity contribution < 1.29 is 10.1 Å². The molecular formula is C9H12ClN4OS+. The van der Waals surface area contributed by atoms with Crippen molar-refractivity contribution in [3.8, 4) is 0 Å². The van der Waals surface area contributed by atoms with Gasteiger partial charge in [0.1, 0.15) is 4.85 Å². The van der Waals surface area contributed by atoms with Crippen LogP contribution in [0.5, 0.6) is 0 Å². The van der Waals surface area contributed by atoms with Crippen molar-refractivity contribution in [3.63, 3.8) is 0 Å². The van der Waals surface area contributed by atoms with E-state index in [1.165, 1.54) is 18.0 Å². The summed E-state index contributed by atoms with van der Waals surface area (Å²) in [7, 11) is 0. The molecule has 5 nitrogen and oxygen atoms in total. The smallest absolute Gasteiger partial charge is 0.262 e. The quantitative estimate of drug-likeness (QED) is 0.189. The van der Waals surface area contributed by atoms with Crippen LogP contribution in [-0.4, -0.2) is 28.0 Å². The van der Waals surface area contributed by atoms with Crippen molar-refractivity contribution in [1.82, 2.24) is 0 Å². The fraction of sp³-hybridized carbons (Fsp3) is 0.111. The highest BCUT2D eigenvalue weighted by Gasteiger charge is 1.99. The third kappa shape index (κ3) is 4.90. The van der Waals surface area contributed by atoms with Crippen LogP contribution in [0.4, 0.5) is 0 Å². The Hall–Kier alpha value is -1.40. The van der Waals surface area contributed by atoms with Crippen LogP contribution in [0.25, 0.3) is 0 Å². The lowest BCUT2D eigenvalue weighted by atomic mass is 10.4. The summed E-state index contributed by atoms with van der Waals surface area (Å²) in [5.74, 6) is 0.338. The summed E-state index contributed by atoms with van der Waals surface area (Å²) in [5.41, 5.74) is 10.2. The third-order valence-corrected chi connectivity index (χ3v) is 2.69. The largest absolute Gasteiger partial charge is 0.365 e. The van der Waals surface area contributed by atoms with E-state index in [0.29, 0.717) is 15.6 Å². The van der Waals surface area contributed by atoms with Crippen LogP contribution in [0, 0.1) is 0 Å². The van der Waals surface area contributed by atoms with Gasteiger partial charge in [0.15, 0.2) is 0 Å². The van der Waals surface area contributed by atoms with E-state index in [9.17, 15) is 0 Å². The molecule has 0 heterocycles. The number of nitrogens with zero attached hydrogens (tertiary/aromatic N) is 2. The topological polar surface area (TPSA) is 87.6 Å². The van der Waals surface area contributed by atoms with E-state index < -0.39 is 0 Å². The van der Waals surface area contributed by atoms with Crippen LogP contribution in [0.3, 0.4) is 0 Å². The summed E-state index contributed by atoms with van der Waals surface area (Å²) in [6, 6.07) is 7.39. The summed E-state index contributed by atoms with van der Waals surface area (Å²) in [4.78, 5) is 1.64. The van der Waals surface area contributed by atoms with Gasteiger partial charge in [0.05, 0.1) is 10.9 Å². The predicted octanol–water partition coefficient (Wildman–Crippen LogP) is 1.09. The Morgan fingerprint density at radius 3 is 2.62 bits per heavy atom. The minimum absolute atomic E-state index is 0.199. The molecule has 0 saturated heterocycles. The Balaban J connectivity index is 2.47. The molecule has 0 amide bonds. The molecule has 0 unspecified atom stereocenters. The van der Waals surface area contributed by atoms with Gasteiger partial charge < -0.3 is 11.5 Å². The lowest BCUT2D eigenvalue weighted by Crippen LogP contribution is -2.25. The van der Waals surface area contributed by atoms with Crippen molar-refractivity contribution in [2.24, 2.45) is 16.6 Å². The summed E-state index contributed by atoms with van der Waals surface area (Å²) in [6.45, 7) is 0. The monoisotopic (exact) mass is 259 g/mol. The Morgan fingerprint density at radius 1 is 1.44 bits per heavy atom. The van der Waals surface area contributed by atoms with Crippen LogP contribution < -0.4 is 11.5 Å². The molecule has 0 aliphatic rings. The Kier molecular flexibility index (Phi) is 4.94. The lowest BCUT2D eigenvalue weighted by molar-refractivity contribution is -0.777. The van der Waals surface area contributed by atoms with Crippen molar-refractivity contribution in [2.45, 2.75) is 4.90 Å². The fourth-order valence-electron chi connectivity index (χ4n) is 0.890. The molecule has 0 aliphatic heterocycles. The molecular weight excluding hydrogens is 248 g/mol. The number of hydrogen-bond acceptors (Lipinski definition) is 3. The maximum atomic E-state index is 9.14. The van der Waals surface area contributed by atoms with Crippen LogP contribution in [0.15, 0.2) is 34.3 Å². The van der Waals surface area contributed by atoms with E-state index in [4.69, 9.17) is 28.3 Å². The van der Waals surface area contributed by atoms with Crippen LogP contribution in [-0.2, 0) is 0 Å². The SMILES string of the molecule is NC(N)=N/[N+](O)=C/CSc1ccc(Cl)cc1. The lowest BCUT2D eigenvalue weighted by Gasteiger charge is -1.95. The molecule has 0 spiro atoms. The van der Waals surface area contributed by atoms with Gasteiger partial charge in [-0.3, -0.25) is 5.21 Å². The molecule has 5 N–H and O–H groups in total. The molecule has 1 aromatic carbocycles. The first-order valence-electron chi connectivity index (χ1n) is 4.37. The van der Waals surface area contributed by atoms with Gasteiger partial charge in [-0.1, -0.05) is 11.6 Å². The highest BCUT2D eigenvalue weighted by Crippen LogP contribution is 2.19. The average molecular weight is 260 g/mol. The normalized spacial score (nSPS) is 11.2. The molecule has 86 valence electrons. The number of benzene rings is 1.